The quantitative estimate of drug-likeness (QED) is 0.461. The van der Waals surface area contributed by atoms with Gasteiger partial charge in [0, 0.05) is 15.2 Å². The Morgan fingerprint density at radius 3 is 1.57 bits per heavy atom. The van der Waals surface area contributed by atoms with Gasteiger partial charge in [-0.05, 0) is 29.2 Å². The van der Waals surface area contributed by atoms with Gasteiger partial charge in [0.2, 0.25) is 0 Å². The molecular formula is C4H11OPS. The molecule has 0 aromatic rings. The summed E-state index contributed by atoms with van der Waals surface area (Å²) in [5.74, 6) is 0. The highest BCUT2D eigenvalue weighted by atomic mass is 32.7. The van der Waals surface area contributed by atoms with E-state index in [9.17, 15) is 4.21 Å². The van der Waals surface area contributed by atoms with Gasteiger partial charge < -0.3 is 0 Å². The molecule has 7 heavy (non-hydrogen) atoms. The molecule has 0 fully saturated rings. The van der Waals surface area contributed by atoms with E-state index in [0.717, 1.165) is 0 Å². The molecule has 0 spiro atoms. The van der Waals surface area contributed by atoms with Crippen LogP contribution in [0.15, 0.2) is 0 Å². The molecule has 0 rings (SSSR count). The lowest BCUT2D eigenvalue weighted by atomic mass is 10.3. The fourth-order valence-electron chi connectivity index (χ4n) is 0. The Bertz CT molecular complexity index is 84.2. The van der Waals surface area contributed by atoms with Crippen molar-refractivity contribution in [2.75, 3.05) is 0 Å². The summed E-state index contributed by atoms with van der Waals surface area (Å²) in [5, 5.41) is 0. The maximum absolute atomic E-state index is 10.5. The predicted octanol–water partition coefficient (Wildman–Crippen LogP) is 1.32. The van der Waals surface area contributed by atoms with Crippen LogP contribution in [0, 0.1) is 0 Å². The van der Waals surface area contributed by atoms with E-state index < -0.39 is 10.4 Å². The SMILES string of the molecule is CC(C)(C)S(=O)P. The second-order valence-corrected chi connectivity index (χ2v) is 5.51. The van der Waals surface area contributed by atoms with Crippen LogP contribution < -0.4 is 0 Å². The molecule has 2 unspecified atom stereocenters. The summed E-state index contributed by atoms with van der Waals surface area (Å²) in [4.78, 5) is 0. The van der Waals surface area contributed by atoms with E-state index in [1.807, 2.05) is 20.8 Å². The first kappa shape index (κ1) is 7.58. The second kappa shape index (κ2) is 2.23. The standard InChI is InChI=1S/C4H11OPS/c1-4(2,3)7(5)6/h6H2,1-3H3. The lowest BCUT2D eigenvalue weighted by Gasteiger charge is -2.12. The molecule has 3 heteroatoms. The maximum Gasteiger partial charge on any atom is 0.0420 e. The zero-order chi connectivity index (χ0) is 6.08. The van der Waals surface area contributed by atoms with Crippen molar-refractivity contribution in [2.24, 2.45) is 0 Å². The molecule has 0 aliphatic carbocycles. The summed E-state index contributed by atoms with van der Waals surface area (Å²) >= 11 is 0. The third-order valence-corrected chi connectivity index (χ3v) is 3.93. The molecule has 0 aromatic heterocycles. The van der Waals surface area contributed by atoms with Gasteiger partial charge in [0.1, 0.15) is 0 Å². The van der Waals surface area contributed by atoms with Gasteiger partial charge in [-0.25, -0.2) is 0 Å². The van der Waals surface area contributed by atoms with E-state index >= 15 is 0 Å². The Hall–Kier alpha value is 0.580. The minimum absolute atomic E-state index is 0.0648. The molecule has 0 heterocycles. The molecule has 0 amide bonds. The van der Waals surface area contributed by atoms with Crippen molar-refractivity contribution in [1.82, 2.24) is 0 Å². The smallest absolute Gasteiger partial charge is 0.0420 e. The van der Waals surface area contributed by atoms with Gasteiger partial charge in [0.15, 0.2) is 0 Å². The van der Waals surface area contributed by atoms with Crippen molar-refractivity contribution in [3.63, 3.8) is 0 Å². The van der Waals surface area contributed by atoms with E-state index in [1.54, 1.807) is 0 Å². The van der Waals surface area contributed by atoms with Crippen LogP contribution >= 0.6 is 8.44 Å². The molecule has 1 nitrogen and oxygen atoms in total. The summed E-state index contributed by atoms with van der Waals surface area (Å²) in [7, 11) is 1.51. The first-order valence-corrected chi connectivity index (χ1v) is 4.73. The molecule has 0 aliphatic heterocycles. The summed E-state index contributed by atoms with van der Waals surface area (Å²) in [6.07, 6.45) is 0. The Morgan fingerprint density at radius 1 is 1.43 bits per heavy atom. The fraction of sp³-hybridized carbons (Fsp3) is 1.00. The van der Waals surface area contributed by atoms with Gasteiger partial charge >= 0.3 is 0 Å². The largest absolute Gasteiger partial charge is 0.255 e. The van der Waals surface area contributed by atoms with Gasteiger partial charge in [0.05, 0.1) is 0 Å². The molecule has 0 saturated carbocycles. The van der Waals surface area contributed by atoms with Gasteiger partial charge in [-0.3, -0.25) is 4.21 Å². The molecular weight excluding hydrogens is 127 g/mol. The normalized spacial score (nSPS) is 16.6. The zero-order valence-electron chi connectivity index (χ0n) is 4.89. The van der Waals surface area contributed by atoms with Crippen LogP contribution in [0.1, 0.15) is 20.8 Å². The highest BCUT2D eigenvalue weighted by Crippen LogP contribution is 2.15. The third kappa shape index (κ3) is 3.19. The summed E-state index contributed by atoms with van der Waals surface area (Å²) < 4.78 is 10.5. The van der Waals surface area contributed by atoms with Crippen molar-refractivity contribution in [2.45, 2.75) is 25.5 Å². The maximum atomic E-state index is 10.5. The van der Waals surface area contributed by atoms with Crippen molar-refractivity contribution >= 4 is 18.9 Å². The average Bonchev–Trinajstić information content (AvgIpc) is 1.31. The second-order valence-electron chi connectivity index (χ2n) is 2.41. The van der Waals surface area contributed by atoms with E-state index in [1.165, 1.54) is 0 Å². The van der Waals surface area contributed by atoms with Crippen molar-refractivity contribution < 1.29 is 4.21 Å². The van der Waals surface area contributed by atoms with E-state index in [2.05, 4.69) is 8.44 Å². The summed E-state index contributed by atoms with van der Waals surface area (Å²) in [6.45, 7) is 5.82. The van der Waals surface area contributed by atoms with Crippen LogP contribution in [0.3, 0.4) is 0 Å². The lowest BCUT2D eigenvalue weighted by Crippen LogP contribution is -2.15. The monoisotopic (exact) mass is 138 g/mol. The summed E-state index contributed by atoms with van der Waals surface area (Å²) in [6, 6.07) is 0. The molecule has 0 saturated heterocycles. The summed E-state index contributed by atoms with van der Waals surface area (Å²) in [5.41, 5.74) is 0. The van der Waals surface area contributed by atoms with Crippen molar-refractivity contribution in [1.29, 1.82) is 0 Å². The number of hydrogen-bond donors (Lipinski definition) is 0. The van der Waals surface area contributed by atoms with Crippen LogP contribution in [0.2, 0.25) is 0 Å². The zero-order valence-corrected chi connectivity index (χ0v) is 6.87. The van der Waals surface area contributed by atoms with E-state index in [0.29, 0.717) is 0 Å². The van der Waals surface area contributed by atoms with Crippen LogP contribution in [-0.2, 0) is 10.4 Å². The lowest BCUT2D eigenvalue weighted by molar-refractivity contribution is 0.661. The molecule has 0 radical (unpaired) electrons. The minimum Gasteiger partial charge on any atom is -0.255 e. The number of rotatable bonds is 0. The third-order valence-electron chi connectivity index (χ3n) is 0.604. The Labute approximate surface area is 49.3 Å². The van der Waals surface area contributed by atoms with Gasteiger partial charge in [-0.15, -0.1) is 0 Å². The van der Waals surface area contributed by atoms with Gasteiger partial charge in [-0.2, -0.15) is 0 Å². The van der Waals surface area contributed by atoms with Crippen molar-refractivity contribution in [3.8, 4) is 0 Å². The first-order valence-electron chi connectivity index (χ1n) is 2.11. The van der Waals surface area contributed by atoms with Crippen LogP contribution in [0.4, 0.5) is 0 Å². The fourth-order valence-corrected chi connectivity index (χ4v) is 0. The highest BCUT2D eigenvalue weighted by Gasteiger charge is 2.13. The average molecular weight is 138 g/mol. The predicted molar refractivity (Wildman–Crippen MR) is 37.6 cm³/mol. The molecule has 0 bridgehead atoms. The van der Waals surface area contributed by atoms with E-state index in [4.69, 9.17) is 0 Å². The Morgan fingerprint density at radius 2 is 1.57 bits per heavy atom. The van der Waals surface area contributed by atoms with Crippen LogP contribution in [-0.4, -0.2) is 8.96 Å². The molecule has 2 atom stereocenters. The van der Waals surface area contributed by atoms with E-state index in [-0.39, 0.29) is 4.75 Å². The molecule has 0 aromatic carbocycles. The van der Waals surface area contributed by atoms with Gasteiger partial charge in [-0.1, -0.05) is 0 Å². The molecule has 0 N–H and O–H groups in total. The molecule has 44 valence electrons. The number of hydrogen-bond acceptors (Lipinski definition) is 1. The Kier molecular flexibility index (Phi) is 2.42. The topological polar surface area (TPSA) is 17.1 Å². The molecule has 0 aliphatic rings. The van der Waals surface area contributed by atoms with Gasteiger partial charge in [0.25, 0.3) is 0 Å². The van der Waals surface area contributed by atoms with Crippen LogP contribution in [0.5, 0.6) is 0 Å². The first-order chi connectivity index (χ1) is 2.94. The minimum atomic E-state index is -0.766. The highest BCUT2D eigenvalue weighted by molar-refractivity contribution is 8.34. The Balaban J connectivity index is 3.79. The van der Waals surface area contributed by atoms with Crippen LogP contribution in [0.25, 0.3) is 0 Å². The van der Waals surface area contributed by atoms with Crippen molar-refractivity contribution in [3.05, 3.63) is 0 Å².